The Morgan fingerprint density at radius 2 is 1.80 bits per heavy atom. The summed E-state index contributed by atoms with van der Waals surface area (Å²) in [7, 11) is 2.93. The molecule has 41 heavy (non-hydrogen) atoms. The second-order valence-electron chi connectivity index (χ2n) is 10.0. The van der Waals surface area contributed by atoms with Crippen molar-refractivity contribution in [1.82, 2.24) is 4.90 Å². The van der Waals surface area contributed by atoms with Crippen LogP contribution < -0.4 is 9.64 Å². The number of carbonyl (C=O) groups is 2. The second kappa shape index (κ2) is 13.4. The van der Waals surface area contributed by atoms with E-state index < -0.39 is 28.8 Å². The molecule has 0 aromatic heterocycles. The Bertz CT molecular complexity index is 1350. The van der Waals surface area contributed by atoms with Crippen LogP contribution in [0.3, 0.4) is 0 Å². The Morgan fingerprint density at radius 3 is 2.49 bits per heavy atom. The third kappa shape index (κ3) is 6.74. The first kappa shape index (κ1) is 29.7. The summed E-state index contributed by atoms with van der Waals surface area (Å²) >= 11 is 0. The van der Waals surface area contributed by atoms with Gasteiger partial charge < -0.3 is 19.1 Å². The number of ether oxygens (including phenoxy) is 3. The van der Waals surface area contributed by atoms with Crippen LogP contribution in [0.25, 0.3) is 5.57 Å². The van der Waals surface area contributed by atoms with Gasteiger partial charge in [0.05, 0.1) is 43.1 Å². The van der Waals surface area contributed by atoms with Crippen molar-refractivity contribution in [3.63, 3.8) is 0 Å². The number of nitro benzene ring substituents is 1. The molecular weight excluding hydrogens is 528 g/mol. The van der Waals surface area contributed by atoms with Gasteiger partial charge in [0.1, 0.15) is 11.7 Å². The lowest BCUT2D eigenvalue weighted by Crippen LogP contribution is -2.46. The largest absolute Gasteiger partial charge is 0.495 e. The molecule has 2 aliphatic heterocycles. The highest BCUT2D eigenvalue weighted by molar-refractivity contribution is 6.17. The monoisotopic (exact) mass is 564 g/mol. The average molecular weight is 565 g/mol. The smallest absolute Gasteiger partial charge is 0.336 e. The number of piperazine rings is 1. The molecule has 0 radical (unpaired) electrons. The number of methoxy groups -OCH3 is 2. The molecule has 11 nitrogen and oxygen atoms in total. The van der Waals surface area contributed by atoms with Gasteiger partial charge in [0.25, 0.3) is 5.69 Å². The number of rotatable bonds is 10. The maximum Gasteiger partial charge on any atom is 0.336 e. The third-order valence-electron chi connectivity index (χ3n) is 7.49. The first-order chi connectivity index (χ1) is 19.7. The van der Waals surface area contributed by atoms with Crippen molar-refractivity contribution in [2.75, 3.05) is 58.5 Å². The predicted octanol–water partition coefficient (Wildman–Crippen LogP) is 3.76. The van der Waals surface area contributed by atoms with Crippen molar-refractivity contribution in [3.8, 4) is 5.75 Å². The molecule has 11 heteroatoms. The lowest BCUT2D eigenvalue weighted by molar-refractivity contribution is -0.384. The van der Waals surface area contributed by atoms with Gasteiger partial charge in [0, 0.05) is 50.6 Å². The lowest BCUT2D eigenvalue weighted by Gasteiger charge is -2.36. The van der Waals surface area contributed by atoms with Gasteiger partial charge in [-0.2, -0.15) is 0 Å². The van der Waals surface area contributed by atoms with E-state index in [2.05, 4.69) is 20.9 Å². The minimum absolute atomic E-state index is 0.148. The molecule has 0 bridgehead atoms. The number of esters is 2. The van der Waals surface area contributed by atoms with Gasteiger partial charge in [-0.15, -0.1) is 0 Å². The van der Waals surface area contributed by atoms with Crippen molar-refractivity contribution >= 4 is 34.6 Å². The topological polar surface area (TPSA) is 124 Å². The van der Waals surface area contributed by atoms with Crippen LogP contribution in [0, 0.1) is 16.0 Å². The molecule has 2 atom stereocenters. The standard InChI is InChI=1S/C30H36N4O7/c1-20-26(29(35)40-4)28(22-9-7-10-23(19-22)34(37)38)27(21(2)31-20)30(36)41-18-8-13-32-14-16-33(17-15-32)24-11-5-6-12-25(24)39-3/h5-7,9-12,19,21,26H,8,13-18H2,1-4H3. The number of hydrogen-bond acceptors (Lipinski definition) is 10. The predicted molar refractivity (Wildman–Crippen MR) is 155 cm³/mol. The highest BCUT2D eigenvalue weighted by Gasteiger charge is 2.39. The van der Waals surface area contributed by atoms with Crippen LogP contribution in [0.15, 0.2) is 59.1 Å². The normalized spacial score (nSPS) is 19.4. The van der Waals surface area contributed by atoms with Crippen LogP contribution in [-0.4, -0.2) is 87.1 Å². The van der Waals surface area contributed by atoms with E-state index in [1.54, 1.807) is 27.0 Å². The Balaban J connectivity index is 1.43. The van der Waals surface area contributed by atoms with E-state index in [0.29, 0.717) is 23.3 Å². The summed E-state index contributed by atoms with van der Waals surface area (Å²) in [6.45, 7) is 7.86. The maximum absolute atomic E-state index is 13.4. The number of dihydropyridines is 1. The zero-order valence-electron chi connectivity index (χ0n) is 23.9. The fraction of sp³-hybridized carbons (Fsp3) is 0.433. The molecule has 2 aromatic rings. The summed E-state index contributed by atoms with van der Waals surface area (Å²) in [5.41, 5.74) is 2.33. The van der Waals surface area contributed by atoms with Crippen molar-refractivity contribution < 1.29 is 28.7 Å². The van der Waals surface area contributed by atoms with Crippen LogP contribution in [-0.2, 0) is 19.1 Å². The summed E-state index contributed by atoms with van der Waals surface area (Å²) in [5, 5.41) is 11.4. The number of carbonyl (C=O) groups excluding carboxylic acids is 2. The molecule has 0 saturated carbocycles. The molecular formula is C30H36N4O7. The third-order valence-corrected chi connectivity index (χ3v) is 7.49. The zero-order chi connectivity index (χ0) is 29.5. The second-order valence-corrected chi connectivity index (χ2v) is 10.0. The fourth-order valence-corrected chi connectivity index (χ4v) is 5.46. The van der Waals surface area contributed by atoms with E-state index in [0.717, 1.165) is 44.2 Å². The quantitative estimate of drug-likeness (QED) is 0.184. The van der Waals surface area contributed by atoms with Crippen molar-refractivity contribution in [3.05, 3.63) is 69.8 Å². The highest BCUT2D eigenvalue weighted by atomic mass is 16.6. The Morgan fingerprint density at radius 1 is 1.07 bits per heavy atom. The summed E-state index contributed by atoms with van der Waals surface area (Å²) < 4.78 is 16.2. The Kier molecular flexibility index (Phi) is 9.72. The van der Waals surface area contributed by atoms with Gasteiger partial charge in [0.15, 0.2) is 0 Å². The molecule has 2 aliphatic rings. The van der Waals surface area contributed by atoms with E-state index in [1.165, 1.54) is 25.3 Å². The molecule has 0 N–H and O–H groups in total. The maximum atomic E-state index is 13.4. The van der Waals surface area contributed by atoms with Gasteiger partial charge in [-0.05, 0) is 43.5 Å². The van der Waals surface area contributed by atoms with E-state index in [-0.39, 0.29) is 17.9 Å². The van der Waals surface area contributed by atoms with Gasteiger partial charge >= 0.3 is 11.9 Å². The molecule has 218 valence electrons. The van der Waals surface area contributed by atoms with Crippen LogP contribution in [0.2, 0.25) is 0 Å². The summed E-state index contributed by atoms with van der Waals surface area (Å²) in [4.78, 5) is 46.3. The van der Waals surface area contributed by atoms with Crippen LogP contribution >= 0.6 is 0 Å². The number of aliphatic imine (C=N–C) groups is 1. The fourth-order valence-electron chi connectivity index (χ4n) is 5.46. The number of hydrogen-bond donors (Lipinski definition) is 0. The molecule has 0 amide bonds. The Labute approximate surface area is 239 Å². The average Bonchev–Trinajstić information content (AvgIpc) is 2.98. The lowest BCUT2D eigenvalue weighted by atomic mass is 9.81. The summed E-state index contributed by atoms with van der Waals surface area (Å²) in [6.07, 6.45) is 0.636. The van der Waals surface area contributed by atoms with E-state index >= 15 is 0 Å². The van der Waals surface area contributed by atoms with Gasteiger partial charge in [0.2, 0.25) is 0 Å². The minimum Gasteiger partial charge on any atom is -0.495 e. The van der Waals surface area contributed by atoms with Crippen LogP contribution in [0.4, 0.5) is 11.4 Å². The molecule has 0 spiro atoms. The molecule has 2 aromatic carbocycles. The number of para-hydroxylation sites is 2. The molecule has 1 saturated heterocycles. The number of nitro groups is 1. The summed E-state index contributed by atoms with van der Waals surface area (Å²) in [6, 6.07) is 13.3. The first-order valence-corrected chi connectivity index (χ1v) is 13.6. The van der Waals surface area contributed by atoms with Crippen LogP contribution in [0.1, 0.15) is 25.8 Å². The highest BCUT2D eigenvalue weighted by Crippen LogP contribution is 2.37. The van der Waals surface area contributed by atoms with Crippen molar-refractivity contribution in [2.24, 2.45) is 10.9 Å². The molecule has 0 aliphatic carbocycles. The van der Waals surface area contributed by atoms with E-state index in [9.17, 15) is 19.7 Å². The number of anilines is 1. The van der Waals surface area contributed by atoms with Gasteiger partial charge in [-0.3, -0.25) is 24.8 Å². The number of nitrogens with zero attached hydrogens (tertiary/aromatic N) is 4. The molecule has 4 rings (SSSR count). The molecule has 2 unspecified atom stereocenters. The Hall–Kier alpha value is -4.25. The molecule has 2 heterocycles. The zero-order valence-corrected chi connectivity index (χ0v) is 23.9. The number of benzene rings is 2. The molecule has 1 fully saturated rings. The van der Waals surface area contributed by atoms with Crippen molar-refractivity contribution in [1.29, 1.82) is 0 Å². The van der Waals surface area contributed by atoms with Gasteiger partial charge in [-0.1, -0.05) is 24.3 Å². The number of non-ortho nitro benzene ring substituents is 1. The van der Waals surface area contributed by atoms with Gasteiger partial charge in [-0.25, -0.2) is 4.79 Å². The SMILES string of the molecule is COC(=O)C1C(C)=NC(C)C(C(=O)OCCCN2CCN(c3ccccc3OC)CC2)=C1c1cccc([N+](=O)[O-])c1. The first-order valence-electron chi connectivity index (χ1n) is 13.6. The van der Waals surface area contributed by atoms with Crippen molar-refractivity contribution in [2.45, 2.75) is 26.3 Å². The van der Waals surface area contributed by atoms with E-state index in [4.69, 9.17) is 14.2 Å². The summed E-state index contributed by atoms with van der Waals surface area (Å²) in [5.74, 6) is -1.31. The van der Waals surface area contributed by atoms with Crippen LogP contribution in [0.5, 0.6) is 5.75 Å². The van der Waals surface area contributed by atoms with E-state index in [1.807, 2.05) is 18.2 Å². The minimum atomic E-state index is -0.972.